The van der Waals surface area contributed by atoms with Crippen molar-refractivity contribution in [2.24, 2.45) is 5.73 Å². The van der Waals surface area contributed by atoms with Crippen LogP contribution in [0.5, 0.6) is 0 Å². The first kappa shape index (κ1) is 10.2. The van der Waals surface area contributed by atoms with E-state index in [9.17, 15) is 4.79 Å². The van der Waals surface area contributed by atoms with Crippen molar-refractivity contribution in [2.45, 2.75) is 12.5 Å². The number of pyridine rings is 1. The Morgan fingerprint density at radius 2 is 2.43 bits per heavy atom. The normalized spacial score (nSPS) is 11.7. The van der Waals surface area contributed by atoms with E-state index >= 15 is 0 Å². The Labute approximate surface area is 80.8 Å². The number of carboxylic acid groups (broad SMARTS) is 1. The number of rotatable bonds is 3. The molecule has 0 aliphatic heterocycles. The molecule has 1 aromatic rings. The number of nitriles is 1. The molecule has 72 valence electrons. The molecule has 0 saturated carbocycles. The number of aliphatic carboxylic acids is 1. The van der Waals surface area contributed by atoms with Gasteiger partial charge in [0.15, 0.2) is 0 Å². The Balaban J connectivity index is 2.70. The van der Waals surface area contributed by atoms with Gasteiger partial charge in [-0.05, 0) is 18.1 Å². The van der Waals surface area contributed by atoms with E-state index in [1.54, 1.807) is 6.07 Å². The molecule has 0 aliphatic carbocycles. The van der Waals surface area contributed by atoms with Crippen molar-refractivity contribution in [3.63, 3.8) is 0 Å². The molecule has 0 radical (unpaired) electrons. The summed E-state index contributed by atoms with van der Waals surface area (Å²) in [7, 11) is 0. The van der Waals surface area contributed by atoms with Crippen molar-refractivity contribution in [1.29, 1.82) is 5.26 Å². The molecule has 1 atom stereocenters. The molecule has 14 heavy (non-hydrogen) atoms. The van der Waals surface area contributed by atoms with Crippen molar-refractivity contribution in [3.05, 3.63) is 29.6 Å². The Kier molecular flexibility index (Phi) is 3.15. The lowest BCUT2D eigenvalue weighted by Gasteiger charge is -2.05. The summed E-state index contributed by atoms with van der Waals surface area (Å²) in [5.74, 6) is -1.05. The first-order valence-corrected chi connectivity index (χ1v) is 3.97. The monoisotopic (exact) mass is 191 g/mol. The van der Waals surface area contributed by atoms with Gasteiger partial charge < -0.3 is 10.8 Å². The summed E-state index contributed by atoms with van der Waals surface area (Å²) in [5.41, 5.74) is 6.34. The second kappa shape index (κ2) is 4.35. The predicted octanol–water partition coefficient (Wildman–Crippen LogP) is -0.0923. The Hall–Kier alpha value is -1.93. The van der Waals surface area contributed by atoms with Crippen LogP contribution in [0, 0.1) is 11.3 Å². The number of nitrogens with two attached hydrogens (primary N) is 1. The molecule has 0 amide bonds. The highest BCUT2D eigenvalue weighted by Crippen LogP contribution is 2.02. The molecule has 5 heteroatoms. The molecular weight excluding hydrogens is 182 g/mol. The first-order chi connectivity index (χ1) is 6.63. The van der Waals surface area contributed by atoms with Gasteiger partial charge in [0, 0.05) is 6.20 Å². The van der Waals surface area contributed by atoms with Crippen LogP contribution in [0.15, 0.2) is 18.3 Å². The van der Waals surface area contributed by atoms with Crippen molar-refractivity contribution >= 4 is 5.97 Å². The van der Waals surface area contributed by atoms with Crippen LogP contribution in [0.3, 0.4) is 0 Å². The molecule has 0 bridgehead atoms. The van der Waals surface area contributed by atoms with Crippen LogP contribution in [0.4, 0.5) is 0 Å². The third kappa shape index (κ3) is 2.54. The van der Waals surface area contributed by atoms with Crippen LogP contribution >= 0.6 is 0 Å². The molecule has 0 unspecified atom stereocenters. The molecule has 0 aliphatic rings. The second-order valence-electron chi connectivity index (χ2n) is 2.81. The number of carboxylic acids is 1. The fourth-order valence-electron chi connectivity index (χ4n) is 0.953. The number of carbonyl (C=O) groups is 1. The summed E-state index contributed by atoms with van der Waals surface area (Å²) >= 11 is 0. The highest BCUT2D eigenvalue weighted by molar-refractivity contribution is 5.73. The minimum Gasteiger partial charge on any atom is -0.480 e. The smallest absolute Gasteiger partial charge is 0.320 e. The molecule has 0 saturated heterocycles. The summed E-state index contributed by atoms with van der Waals surface area (Å²) in [6, 6.07) is 4.12. The zero-order valence-electron chi connectivity index (χ0n) is 7.34. The fraction of sp³-hybridized carbons (Fsp3) is 0.222. The van der Waals surface area contributed by atoms with Crippen LogP contribution in [0.1, 0.15) is 11.3 Å². The minimum atomic E-state index is -1.05. The summed E-state index contributed by atoms with van der Waals surface area (Å²) in [5, 5.41) is 17.0. The molecule has 1 rings (SSSR count). The zero-order chi connectivity index (χ0) is 10.6. The lowest BCUT2D eigenvalue weighted by Crippen LogP contribution is -2.32. The summed E-state index contributed by atoms with van der Waals surface area (Å²) in [6.45, 7) is 0. The lowest BCUT2D eigenvalue weighted by molar-refractivity contribution is -0.138. The number of hydrogen-bond acceptors (Lipinski definition) is 4. The summed E-state index contributed by atoms with van der Waals surface area (Å²) < 4.78 is 0. The van der Waals surface area contributed by atoms with Crippen LogP contribution < -0.4 is 5.73 Å². The van der Waals surface area contributed by atoms with Gasteiger partial charge in [-0.25, -0.2) is 4.98 Å². The van der Waals surface area contributed by atoms with Gasteiger partial charge >= 0.3 is 5.97 Å². The van der Waals surface area contributed by atoms with Crippen LogP contribution in [0.2, 0.25) is 0 Å². The Morgan fingerprint density at radius 1 is 1.71 bits per heavy atom. The van der Waals surface area contributed by atoms with E-state index in [0.717, 1.165) is 0 Å². The zero-order valence-corrected chi connectivity index (χ0v) is 7.34. The Morgan fingerprint density at radius 3 is 2.86 bits per heavy atom. The standard InChI is InChI=1S/C9H9N3O2/c10-4-7-2-1-6(5-12-7)3-8(11)9(13)14/h1-2,5,8H,3,11H2,(H,13,14)/t8-/m1/s1. The van der Waals surface area contributed by atoms with E-state index in [4.69, 9.17) is 16.1 Å². The van der Waals surface area contributed by atoms with Crippen LogP contribution in [-0.4, -0.2) is 22.1 Å². The largest absolute Gasteiger partial charge is 0.480 e. The number of hydrogen-bond donors (Lipinski definition) is 2. The molecule has 3 N–H and O–H groups in total. The average molecular weight is 191 g/mol. The van der Waals surface area contributed by atoms with Crippen LogP contribution in [-0.2, 0) is 11.2 Å². The van der Waals surface area contributed by atoms with Crippen molar-refractivity contribution in [3.8, 4) is 6.07 Å². The average Bonchev–Trinajstić information content (AvgIpc) is 2.19. The van der Waals surface area contributed by atoms with Gasteiger partial charge in [-0.1, -0.05) is 6.07 Å². The maximum absolute atomic E-state index is 10.4. The van der Waals surface area contributed by atoms with Gasteiger partial charge in [0.05, 0.1) is 0 Å². The maximum Gasteiger partial charge on any atom is 0.320 e. The van der Waals surface area contributed by atoms with Crippen molar-refractivity contribution in [2.75, 3.05) is 0 Å². The fourth-order valence-corrected chi connectivity index (χ4v) is 0.953. The lowest BCUT2D eigenvalue weighted by atomic mass is 10.1. The molecular formula is C9H9N3O2. The van der Waals surface area contributed by atoms with Gasteiger partial charge in [-0.2, -0.15) is 5.26 Å². The van der Waals surface area contributed by atoms with E-state index in [1.807, 2.05) is 6.07 Å². The molecule has 5 nitrogen and oxygen atoms in total. The molecule has 1 aromatic heterocycles. The van der Waals surface area contributed by atoms with Gasteiger partial charge in [-0.3, -0.25) is 4.79 Å². The van der Waals surface area contributed by atoms with Crippen molar-refractivity contribution < 1.29 is 9.90 Å². The minimum absolute atomic E-state index is 0.216. The molecule has 1 heterocycles. The first-order valence-electron chi connectivity index (χ1n) is 3.97. The molecule has 0 fully saturated rings. The molecule has 0 aromatic carbocycles. The number of nitrogens with zero attached hydrogens (tertiary/aromatic N) is 2. The SMILES string of the molecule is N#Cc1ccc(C[C@@H](N)C(=O)O)cn1. The Bertz CT molecular complexity index is 367. The summed E-state index contributed by atoms with van der Waals surface area (Å²) in [4.78, 5) is 14.2. The topological polar surface area (TPSA) is 100 Å². The van der Waals surface area contributed by atoms with Gasteiger partial charge in [0.25, 0.3) is 0 Å². The third-order valence-corrected chi connectivity index (χ3v) is 1.71. The van der Waals surface area contributed by atoms with Crippen molar-refractivity contribution in [1.82, 2.24) is 4.98 Å². The van der Waals surface area contributed by atoms with E-state index in [0.29, 0.717) is 11.3 Å². The van der Waals surface area contributed by atoms with Gasteiger partial charge in [-0.15, -0.1) is 0 Å². The van der Waals surface area contributed by atoms with Gasteiger partial charge in [0.1, 0.15) is 17.8 Å². The van der Waals surface area contributed by atoms with E-state index < -0.39 is 12.0 Å². The quantitative estimate of drug-likeness (QED) is 0.695. The predicted molar refractivity (Wildman–Crippen MR) is 48.3 cm³/mol. The van der Waals surface area contributed by atoms with E-state index in [-0.39, 0.29) is 6.42 Å². The second-order valence-corrected chi connectivity index (χ2v) is 2.81. The third-order valence-electron chi connectivity index (χ3n) is 1.71. The summed E-state index contributed by atoms with van der Waals surface area (Å²) in [6.07, 6.45) is 1.68. The molecule has 0 spiro atoms. The van der Waals surface area contributed by atoms with E-state index in [2.05, 4.69) is 4.98 Å². The number of aromatic nitrogens is 1. The highest BCUT2D eigenvalue weighted by Gasteiger charge is 2.11. The van der Waals surface area contributed by atoms with E-state index in [1.165, 1.54) is 12.3 Å². The van der Waals surface area contributed by atoms with Gasteiger partial charge in [0.2, 0.25) is 0 Å². The van der Waals surface area contributed by atoms with Crippen LogP contribution in [0.25, 0.3) is 0 Å². The highest BCUT2D eigenvalue weighted by atomic mass is 16.4. The maximum atomic E-state index is 10.4.